The van der Waals surface area contributed by atoms with Crippen LogP contribution in [0.25, 0.3) is 28.2 Å². The van der Waals surface area contributed by atoms with Crippen LogP contribution in [0.3, 0.4) is 0 Å². The fraction of sp³-hybridized carbons (Fsp3) is 0.111. The number of aromatic amines is 1. The van der Waals surface area contributed by atoms with Crippen molar-refractivity contribution in [3.05, 3.63) is 106 Å². The summed E-state index contributed by atoms with van der Waals surface area (Å²) >= 11 is 0. The number of alkyl halides is 3. The first kappa shape index (κ1) is 24.8. The molecule has 0 bridgehead atoms. The number of hydrogen-bond acceptors (Lipinski definition) is 4. The first-order chi connectivity index (χ1) is 18.1. The minimum Gasteiger partial charge on any atom is -0.382 e. The van der Waals surface area contributed by atoms with Gasteiger partial charge in [-0.25, -0.2) is 5.10 Å². The summed E-state index contributed by atoms with van der Waals surface area (Å²) in [6, 6.07) is 16.0. The van der Waals surface area contributed by atoms with E-state index < -0.39 is 23.7 Å². The third kappa shape index (κ3) is 4.61. The van der Waals surface area contributed by atoms with E-state index in [9.17, 15) is 22.8 Å². The molecule has 2 aromatic carbocycles. The average molecular weight is 520 g/mol. The van der Waals surface area contributed by atoms with E-state index in [1.54, 1.807) is 67.7 Å². The van der Waals surface area contributed by atoms with Gasteiger partial charge in [0.25, 0.3) is 11.5 Å². The number of nitrogen functional groups attached to an aromatic ring is 1. The molecule has 1 unspecified atom stereocenters. The molecule has 0 radical (unpaired) electrons. The Labute approximate surface area is 213 Å². The van der Waals surface area contributed by atoms with Crippen LogP contribution in [0.5, 0.6) is 0 Å². The summed E-state index contributed by atoms with van der Waals surface area (Å²) in [4.78, 5) is 31.3. The molecule has 5 rings (SSSR count). The Bertz CT molecular complexity index is 1760. The lowest BCUT2D eigenvalue weighted by atomic mass is 10.0. The van der Waals surface area contributed by atoms with Gasteiger partial charge in [0.05, 0.1) is 11.4 Å². The molecule has 192 valence electrons. The number of hydrogen-bond donors (Lipinski definition) is 3. The van der Waals surface area contributed by atoms with Crippen LogP contribution in [-0.4, -0.2) is 26.7 Å². The van der Waals surface area contributed by atoms with Gasteiger partial charge in [-0.3, -0.25) is 14.2 Å². The van der Waals surface area contributed by atoms with Gasteiger partial charge in [0, 0.05) is 23.5 Å². The number of halogens is 3. The van der Waals surface area contributed by atoms with Gasteiger partial charge in [-0.1, -0.05) is 36.4 Å². The largest absolute Gasteiger partial charge is 0.409 e. The molecule has 0 spiro atoms. The number of H-pyrrole nitrogens is 1. The Hall–Kier alpha value is -4.93. The number of benzene rings is 2. The number of allylic oxidation sites excluding steroid dienone is 1. The minimum absolute atomic E-state index is 0.0997. The van der Waals surface area contributed by atoms with E-state index in [1.807, 2.05) is 0 Å². The van der Waals surface area contributed by atoms with Gasteiger partial charge >= 0.3 is 11.8 Å². The summed E-state index contributed by atoms with van der Waals surface area (Å²) in [5, 5.41) is 6.29. The Morgan fingerprint density at radius 1 is 1.16 bits per heavy atom. The quantitative estimate of drug-likeness (QED) is 0.304. The highest BCUT2D eigenvalue weighted by Crippen LogP contribution is 2.26. The fourth-order valence-electron chi connectivity index (χ4n) is 4.41. The van der Waals surface area contributed by atoms with Crippen molar-refractivity contribution < 1.29 is 22.5 Å². The zero-order chi connectivity index (χ0) is 27.0. The van der Waals surface area contributed by atoms with E-state index in [4.69, 9.17) is 5.73 Å². The second kappa shape index (κ2) is 9.51. The summed E-state index contributed by atoms with van der Waals surface area (Å²) < 4.78 is 41.6. The van der Waals surface area contributed by atoms with Crippen LogP contribution >= 0.6 is 0 Å². The van der Waals surface area contributed by atoms with Crippen LogP contribution in [0.2, 0.25) is 0 Å². The number of carbonyl (C=O) groups is 1. The van der Waals surface area contributed by atoms with Gasteiger partial charge in [0.1, 0.15) is 12.4 Å². The summed E-state index contributed by atoms with van der Waals surface area (Å²) in [5.74, 6) is -0.394. The van der Waals surface area contributed by atoms with Gasteiger partial charge in [0.15, 0.2) is 11.4 Å². The highest BCUT2D eigenvalue weighted by atomic mass is 19.4. The standard InChI is InChI=1S/C27H21F3N6O2/c1-16(33-25(37)22-23(31)34-35-14-6-13-32-24(22)35)20-15-18-8-5-7-17(11-12-27(28,29)30)21(18)26(38)36(20)19-9-3-2-4-10-19/h2-16H,1H3,(H3,31,33,34,37)/p+1. The lowest BCUT2D eigenvalue weighted by molar-refractivity contribution is -0.577. The van der Waals surface area contributed by atoms with Crippen LogP contribution < -0.4 is 21.1 Å². The van der Waals surface area contributed by atoms with E-state index in [1.165, 1.54) is 21.3 Å². The molecule has 11 heteroatoms. The Morgan fingerprint density at radius 3 is 2.66 bits per heavy atom. The maximum Gasteiger partial charge on any atom is 0.409 e. The monoisotopic (exact) mass is 519 g/mol. The third-order valence-corrected chi connectivity index (χ3v) is 6.07. The van der Waals surface area contributed by atoms with Crippen molar-refractivity contribution in [2.75, 3.05) is 5.73 Å². The van der Waals surface area contributed by atoms with Gasteiger partial charge in [-0.15, -0.1) is 4.52 Å². The summed E-state index contributed by atoms with van der Waals surface area (Å²) in [7, 11) is 0. The number of nitrogens with zero attached hydrogens (tertiary/aromatic N) is 3. The predicted molar refractivity (Wildman–Crippen MR) is 137 cm³/mol. The van der Waals surface area contributed by atoms with Gasteiger partial charge in [0.2, 0.25) is 0 Å². The molecule has 5 aromatic rings. The molecule has 4 N–H and O–H groups in total. The number of para-hydroxylation sites is 1. The topological polar surface area (TPSA) is 110 Å². The van der Waals surface area contributed by atoms with Crippen molar-refractivity contribution >= 4 is 34.2 Å². The third-order valence-electron chi connectivity index (χ3n) is 6.07. The SMILES string of the molecule is CC(NC(=O)c1c(N)[nH][n+]2cccnc12)c1cc2cccc(C=CC(F)(F)F)c2c(=O)n1-c1ccccc1. The van der Waals surface area contributed by atoms with Crippen molar-refractivity contribution in [2.24, 2.45) is 0 Å². The molecule has 0 aliphatic carbocycles. The Balaban J connectivity index is 1.65. The van der Waals surface area contributed by atoms with Crippen molar-refractivity contribution in [1.82, 2.24) is 20.0 Å². The number of fused-ring (bicyclic) bond motifs is 2. The number of nitrogens with one attached hydrogen (secondary N) is 2. The van der Waals surface area contributed by atoms with E-state index in [-0.39, 0.29) is 28.4 Å². The van der Waals surface area contributed by atoms with Crippen LogP contribution in [-0.2, 0) is 0 Å². The number of aromatic nitrogens is 4. The van der Waals surface area contributed by atoms with E-state index >= 15 is 0 Å². The maximum absolute atomic E-state index is 13.8. The lowest BCUT2D eigenvalue weighted by Gasteiger charge is -2.21. The highest BCUT2D eigenvalue weighted by Gasteiger charge is 2.27. The summed E-state index contributed by atoms with van der Waals surface area (Å²) in [5.41, 5.74) is 7.06. The second-order valence-electron chi connectivity index (χ2n) is 8.64. The van der Waals surface area contributed by atoms with Crippen LogP contribution in [0.1, 0.15) is 34.6 Å². The van der Waals surface area contributed by atoms with Crippen LogP contribution in [0, 0.1) is 0 Å². The molecule has 1 amide bonds. The lowest BCUT2D eigenvalue weighted by Crippen LogP contribution is -2.33. The first-order valence-electron chi connectivity index (χ1n) is 11.6. The maximum atomic E-state index is 13.8. The van der Waals surface area contributed by atoms with E-state index in [0.29, 0.717) is 22.4 Å². The summed E-state index contributed by atoms with van der Waals surface area (Å²) in [6.07, 6.45) is -0.349. The molecule has 1 atom stereocenters. The number of carbonyl (C=O) groups excluding carboxylic acids is 1. The molecule has 3 heterocycles. The molecule has 0 saturated carbocycles. The number of rotatable bonds is 5. The molecular formula is C27H22F3N6O2+. The number of anilines is 1. The van der Waals surface area contributed by atoms with Crippen molar-refractivity contribution in [1.29, 1.82) is 0 Å². The minimum atomic E-state index is -4.53. The van der Waals surface area contributed by atoms with Crippen molar-refractivity contribution in [2.45, 2.75) is 19.1 Å². The molecular weight excluding hydrogens is 497 g/mol. The van der Waals surface area contributed by atoms with Gasteiger partial charge in [-0.05, 0) is 47.1 Å². The zero-order valence-electron chi connectivity index (χ0n) is 20.0. The van der Waals surface area contributed by atoms with Crippen molar-refractivity contribution in [3.63, 3.8) is 0 Å². The smallest absolute Gasteiger partial charge is 0.382 e. The second-order valence-corrected chi connectivity index (χ2v) is 8.64. The average Bonchev–Trinajstić information content (AvgIpc) is 3.23. The number of amides is 1. The van der Waals surface area contributed by atoms with E-state index in [0.717, 1.165) is 6.08 Å². The van der Waals surface area contributed by atoms with Crippen molar-refractivity contribution in [3.8, 4) is 5.69 Å². The Kier molecular flexibility index (Phi) is 6.19. The summed E-state index contributed by atoms with van der Waals surface area (Å²) in [6.45, 7) is 1.71. The molecule has 38 heavy (non-hydrogen) atoms. The van der Waals surface area contributed by atoms with Gasteiger partial charge < -0.3 is 11.1 Å². The predicted octanol–water partition coefficient (Wildman–Crippen LogP) is 4.10. The fourth-order valence-corrected chi connectivity index (χ4v) is 4.41. The molecule has 0 aliphatic rings. The molecule has 0 saturated heterocycles. The zero-order valence-corrected chi connectivity index (χ0v) is 20.0. The van der Waals surface area contributed by atoms with Gasteiger partial charge in [-0.2, -0.15) is 13.2 Å². The first-order valence-corrected chi connectivity index (χ1v) is 11.6. The number of nitrogens with two attached hydrogens (primary N) is 1. The van der Waals surface area contributed by atoms with Crippen LogP contribution in [0.15, 0.2) is 83.9 Å². The molecule has 3 aromatic heterocycles. The highest BCUT2D eigenvalue weighted by molar-refractivity contribution is 6.03. The molecule has 0 aliphatic heterocycles. The Morgan fingerprint density at radius 2 is 1.92 bits per heavy atom. The molecule has 0 fully saturated rings. The van der Waals surface area contributed by atoms with E-state index in [2.05, 4.69) is 15.4 Å². The number of pyridine rings is 1. The van der Waals surface area contributed by atoms with Crippen LogP contribution in [0.4, 0.5) is 19.0 Å². The molecule has 8 nitrogen and oxygen atoms in total. The normalized spacial score (nSPS) is 12.8.